The van der Waals surface area contributed by atoms with Gasteiger partial charge in [-0.2, -0.15) is 5.10 Å². The molecule has 1 heterocycles. The van der Waals surface area contributed by atoms with Crippen molar-refractivity contribution in [3.8, 4) is 0 Å². The molecule has 0 saturated heterocycles. The van der Waals surface area contributed by atoms with E-state index < -0.39 is 0 Å². The van der Waals surface area contributed by atoms with Gasteiger partial charge in [0.05, 0.1) is 18.8 Å². The second kappa shape index (κ2) is 11.0. The van der Waals surface area contributed by atoms with Gasteiger partial charge in [-0.1, -0.05) is 0 Å². The molecule has 1 aromatic heterocycles. The van der Waals surface area contributed by atoms with Crippen LogP contribution in [0.2, 0.25) is 0 Å². The van der Waals surface area contributed by atoms with Crippen molar-refractivity contribution in [2.75, 3.05) is 54.5 Å². The molecule has 0 bridgehead atoms. The summed E-state index contributed by atoms with van der Waals surface area (Å²) in [6, 6.07) is 0.245. The lowest BCUT2D eigenvalue weighted by atomic mass is 10.1. The normalized spacial score (nSPS) is 15.8. The van der Waals surface area contributed by atoms with E-state index in [9.17, 15) is 0 Å². The first-order valence-corrected chi connectivity index (χ1v) is 8.65. The van der Waals surface area contributed by atoms with Crippen LogP contribution in [0.1, 0.15) is 24.4 Å². The standard InChI is InChI=1S/C17H32N6O.HI/c1-18-17(22(4)8-9-24-13-14-6-7-14)19-11-16(21(2)3)15-10-20-23(5)12-15;/h10,12,14,16H,6-9,11,13H2,1-5H3,(H,18,19);1H. The van der Waals surface area contributed by atoms with Crippen LogP contribution in [0.15, 0.2) is 17.4 Å². The maximum Gasteiger partial charge on any atom is 0.193 e. The van der Waals surface area contributed by atoms with Gasteiger partial charge >= 0.3 is 0 Å². The molecule has 2 rings (SSSR count). The zero-order valence-electron chi connectivity index (χ0n) is 16.1. The van der Waals surface area contributed by atoms with Crippen LogP contribution >= 0.6 is 24.0 Å². The number of aliphatic imine (C=N–C) groups is 1. The van der Waals surface area contributed by atoms with E-state index >= 15 is 0 Å². The van der Waals surface area contributed by atoms with Crippen molar-refractivity contribution in [1.82, 2.24) is 24.9 Å². The number of likely N-dealkylation sites (N-methyl/N-ethyl adjacent to an activating group) is 2. The molecular formula is C17H33IN6O. The minimum atomic E-state index is 0. The molecule has 0 radical (unpaired) electrons. The van der Waals surface area contributed by atoms with Crippen molar-refractivity contribution < 1.29 is 4.74 Å². The highest BCUT2D eigenvalue weighted by atomic mass is 127. The quantitative estimate of drug-likeness (QED) is 0.260. The molecule has 1 saturated carbocycles. The first-order chi connectivity index (χ1) is 11.5. The number of halogens is 1. The Hall–Kier alpha value is -0.870. The van der Waals surface area contributed by atoms with Gasteiger partial charge in [-0.25, -0.2) is 0 Å². The molecule has 1 aliphatic rings. The first kappa shape index (κ1) is 22.2. The Morgan fingerprint density at radius 3 is 2.68 bits per heavy atom. The molecule has 1 N–H and O–H groups in total. The van der Waals surface area contributed by atoms with E-state index in [1.165, 1.54) is 18.4 Å². The molecule has 0 aliphatic heterocycles. The van der Waals surface area contributed by atoms with Gasteiger partial charge < -0.3 is 19.9 Å². The number of nitrogens with zero attached hydrogens (tertiary/aromatic N) is 5. The third kappa shape index (κ3) is 7.49. The Bertz CT molecular complexity index is 529. The molecule has 8 heteroatoms. The van der Waals surface area contributed by atoms with Gasteiger partial charge in [0.1, 0.15) is 0 Å². The molecule has 1 atom stereocenters. The Labute approximate surface area is 168 Å². The zero-order chi connectivity index (χ0) is 17.5. The molecule has 1 unspecified atom stereocenters. The fraction of sp³-hybridized carbons (Fsp3) is 0.765. The maximum absolute atomic E-state index is 5.72. The van der Waals surface area contributed by atoms with Gasteiger partial charge in [0.15, 0.2) is 5.96 Å². The van der Waals surface area contributed by atoms with E-state index in [2.05, 4.69) is 45.5 Å². The fourth-order valence-electron chi connectivity index (χ4n) is 2.63. The number of rotatable bonds is 9. The van der Waals surface area contributed by atoms with Crippen LogP contribution in [0, 0.1) is 5.92 Å². The summed E-state index contributed by atoms with van der Waals surface area (Å²) in [6.07, 6.45) is 6.65. The first-order valence-electron chi connectivity index (χ1n) is 8.65. The summed E-state index contributed by atoms with van der Waals surface area (Å²) in [5.41, 5.74) is 1.20. The Morgan fingerprint density at radius 1 is 1.44 bits per heavy atom. The van der Waals surface area contributed by atoms with Crippen LogP contribution < -0.4 is 5.32 Å². The average Bonchev–Trinajstić information content (AvgIpc) is 3.28. The van der Waals surface area contributed by atoms with Gasteiger partial charge in [-0.3, -0.25) is 9.67 Å². The highest BCUT2D eigenvalue weighted by Gasteiger charge is 2.21. The van der Waals surface area contributed by atoms with Crippen molar-refractivity contribution in [1.29, 1.82) is 0 Å². The van der Waals surface area contributed by atoms with E-state index in [-0.39, 0.29) is 30.0 Å². The second-order valence-electron chi connectivity index (χ2n) is 6.79. The molecule has 0 amide bonds. The molecule has 0 spiro atoms. The summed E-state index contributed by atoms with van der Waals surface area (Å²) in [5.74, 6) is 1.70. The van der Waals surface area contributed by atoms with E-state index in [0.717, 1.165) is 38.2 Å². The Kier molecular flexibility index (Phi) is 9.73. The second-order valence-corrected chi connectivity index (χ2v) is 6.79. The number of guanidine groups is 1. The predicted octanol–water partition coefficient (Wildman–Crippen LogP) is 1.57. The molecule has 144 valence electrons. The van der Waals surface area contributed by atoms with Gasteiger partial charge in [-0.15, -0.1) is 24.0 Å². The number of aromatic nitrogens is 2. The van der Waals surface area contributed by atoms with Crippen LogP contribution in [0.4, 0.5) is 0 Å². The number of ether oxygens (including phenoxy) is 1. The van der Waals surface area contributed by atoms with E-state index in [1.54, 1.807) is 0 Å². The molecule has 1 fully saturated rings. The minimum absolute atomic E-state index is 0. The lowest BCUT2D eigenvalue weighted by Gasteiger charge is -2.27. The van der Waals surface area contributed by atoms with Crippen LogP contribution in [-0.2, 0) is 11.8 Å². The number of nitrogens with one attached hydrogen (secondary N) is 1. The van der Waals surface area contributed by atoms with E-state index in [4.69, 9.17) is 4.74 Å². The third-order valence-corrected chi connectivity index (χ3v) is 4.38. The third-order valence-electron chi connectivity index (χ3n) is 4.38. The lowest BCUT2D eigenvalue weighted by molar-refractivity contribution is 0.115. The number of hydrogen-bond donors (Lipinski definition) is 1. The predicted molar refractivity (Wildman–Crippen MR) is 113 cm³/mol. The maximum atomic E-state index is 5.72. The SMILES string of the molecule is CN=C(NCC(c1cnn(C)c1)N(C)C)N(C)CCOCC1CC1.I. The summed E-state index contributed by atoms with van der Waals surface area (Å²) in [4.78, 5) is 8.69. The van der Waals surface area contributed by atoms with Crippen LogP contribution in [0.5, 0.6) is 0 Å². The highest BCUT2D eigenvalue weighted by Crippen LogP contribution is 2.28. The fourth-order valence-corrected chi connectivity index (χ4v) is 2.63. The molecule has 25 heavy (non-hydrogen) atoms. The summed E-state index contributed by atoms with van der Waals surface area (Å²) >= 11 is 0. The molecule has 1 aliphatic carbocycles. The molecule has 0 aromatic carbocycles. The topological polar surface area (TPSA) is 57.9 Å². The van der Waals surface area contributed by atoms with Crippen molar-refractivity contribution in [3.63, 3.8) is 0 Å². The summed E-state index contributed by atoms with van der Waals surface area (Å²) in [7, 11) is 9.97. The van der Waals surface area contributed by atoms with Gasteiger partial charge in [0, 0.05) is 52.6 Å². The van der Waals surface area contributed by atoms with Gasteiger partial charge in [-0.05, 0) is 32.9 Å². The monoisotopic (exact) mass is 464 g/mol. The largest absolute Gasteiger partial charge is 0.379 e. The average molecular weight is 464 g/mol. The van der Waals surface area contributed by atoms with Crippen molar-refractivity contribution in [2.45, 2.75) is 18.9 Å². The van der Waals surface area contributed by atoms with Crippen molar-refractivity contribution in [2.24, 2.45) is 18.0 Å². The highest BCUT2D eigenvalue weighted by molar-refractivity contribution is 14.0. The van der Waals surface area contributed by atoms with Gasteiger partial charge in [0.2, 0.25) is 0 Å². The van der Waals surface area contributed by atoms with Crippen LogP contribution in [-0.4, -0.2) is 80.0 Å². The van der Waals surface area contributed by atoms with Crippen LogP contribution in [0.25, 0.3) is 0 Å². The van der Waals surface area contributed by atoms with E-state index in [1.807, 2.05) is 32.0 Å². The van der Waals surface area contributed by atoms with Gasteiger partial charge in [0.25, 0.3) is 0 Å². The Morgan fingerprint density at radius 2 is 2.16 bits per heavy atom. The van der Waals surface area contributed by atoms with Crippen molar-refractivity contribution in [3.05, 3.63) is 18.0 Å². The molecule has 1 aromatic rings. The minimum Gasteiger partial charge on any atom is -0.379 e. The van der Waals surface area contributed by atoms with Crippen molar-refractivity contribution >= 4 is 29.9 Å². The zero-order valence-corrected chi connectivity index (χ0v) is 18.4. The van der Waals surface area contributed by atoms with Crippen LogP contribution in [0.3, 0.4) is 0 Å². The summed E-state index contributed by atoms with van der Waals surface area (Å²) < 4.78 is 7.55. The molecule has 7 nitrogen and oxygen atoms in total. The number of aryl methyl sites for hydroxylation is 1. The smallest absolute Gasteiger partial charge is 0.193 e. The summed E-state index contributed by atoms with van der Waals surface area (Å²) in [6.45, 7) is 3.27. The summed E-state index contributed by atoms with van der Waals surface area (Å²) in [5, 5.41) is 7.74. The van der Waals surface area contributed by atoms with E-state index in [0.29, 0.717) is 0 Å². The lowest BCUT2D eigenvalue weighted by Crippen LogP contribution is -2.43. The Balaban J connectivity index is 0.00000312. The molecular weight excluding hydrogens is 431 g/mol. The number of hydrogen-bond acceptors (Lipinski definition) is 4.